The second kappa shape index (κ2) is 13.2. The zero-order chi connectivity index (χ0) is 33.2. The van der Waals surface area contributed by atoms with Gasteiger partial charge in [-0.3, -0.25) is 10.1 Å². The molecule has 0 radical (unpaired) electrons. The fourth-order valence-electron chi connectivity index (χ4n) is 5.69. The molecule has 11 nitrogen and oxygen atoms in total. The van der Waals surface area contributed by atoms with Gasteiger partial charge in [-0.2, -0.15) is 0 Å². The van der Waals surface area contributed by atoms with Gasteiger partial charge in [-0.25, -0.2) is 22.6 Å². The molecule has 242 valence electrons. The molecule has 2 amide bonds. The number of aromatic nitrogens is 1. The summed E-state index contributed by atoms with van der Waals surface area (Å²) in [5, 5.41) is 6.73. The van der Waals surface area contributed by atoms with Crippen molar-refractivity contribution in [2.24, 2.45) is 0 Å². The molecule has 0 saturated carbocycles. The Labute approximate surface area is 266 Å². The average molecular weight is 650 g/mol. The Bertz CT molecular complexity index is 1900. The number of fused-ring (bicyclic) bond motifs is 1. The van der Waals surface area contributed by atoms with Crippen molar-refractivity contribution in [2.45, 2.75) is 48.9 Å². The Hall–Kier alpha value is -4.91. The number of nitrogen functional groups attached to an aromatic ring is 1. The molecule has 2 atom stereocenters. The van der Waals surface area contributed by atoms with Gasteiger partial charge in [0.2, 0.25) is 5.91 Å². The smallest absolute Gasteiger partial charge is 0.411 e. The molecule has 5 rings (SSSR count). The first kappa shape index (κ1) is 32.5. The summed E-state index contributed by atoms with van der Waals surface area (Å²) in [6.07, 6.45) is 1.96. The molecule has 3 aromatic carbocycles. The van der Waals surface area contributed by atoms with E-state index in [1.807, 2.05) is 6.07 Å². The van der Waals surface area contributed by atoms with Gasteiger partial charge in [0.25, 0.3) is 0 Å². The van der Waals surface area contributed by atoms with E-state index in [0.29, 0.717) is 47.7 Å². The third-order valence-corrected chi connectivity index (χ3v) is 10.4. The number of anilines is 3. The molecule has 0 unspecified atom stereocenters. The number of nitrogens with zero attached hydrogens (tertiary/aromatic N) is 2. The zero-order valence-corrected chi connectivity index (χ0v) is 26.7. The average Bonchev–Trinajstić information content (AvgIpc) is 3.53. The maximum Gasteiger partial charge on any atom is 0.411 e. The van der Waals surface area contributed by atoms with Crippen LogP contribution < -0.4 is 21.1 Å². The highest BCUT2D eigenvalue weighted by Gasteiger charge is 2.38. The van der Waals surface area contributed by atoms with Crippen LogP contribution >= 0.6 is 0 Å². The number of pyridine rings is 1. The van der Waals surface area contributed by atoms with Crippen LogP contribution in [0, 0.1) is 5.82 Å². The number of likely N-dealkylation sites (tertiary alicyclic amines) is 1. The highest BCUT2D eigenvalue weighted by atomic mass is 32.2. The summed E-state index contributed by atoms with van der Waals surface area (Å²) in [6, 6.07) is 14.3. The van der Waals surface area contributed by atoms with Gasteiger partial charge >= 0.3 is 6.09 Å². The van der Waals surface area contributed by atoms with Crippen molar-refractivity contribution < 1.29 is 31.9 Å². The van der Waals surface area contributed by atoms with Gasteiger partial charge in [0.05, 0.1) is 30.4 Å². The lowest BCUT2D eigenvalue weighted by molar-refractivity contribution is -0.133. The first-order valence-electron chi connectivity index (χ1n) is 14.7. The van der Waals surface area contributed by atoms with Crippen LogP contribution in [-0.2, 0) is 19.4 Å². The number of rotatable bonds is 9. The van der Waals surface area contributed by atoms with Crippen LogP contribution in [-0.4, -0.2) is 56.3 Å². The molecule has 1 saturated heterocycles. The summed E-state index contributed by atoms with van der Waals surface area (Å²) in [5.74, 6) is -0.594. The molecule has 4 aromatic rings. The molecular formula is C33H36FN5O6S. The van der Waals surface area contributed by atoms with Crippen LogP contribution in [0.1, 0.15) is 49.9 Å². The standard InChI is InChI=1S/C33H36FN5O6S/c1-19(2)46(42,43)29-12-9-23(38-33(41)45-4)18-25(29)27-6-5-15-39(27)32(40)30(21-7-11-26(34)28(17-21)44-3)37-22-8-10-24-20(16-22)13-14-36-31(24)35/h7-14,16-19,27,30,37H,5-6,15H2,1-4H3,(H2,35,36)(H,38,41)/t27-,30+/m1/s1. The van der Waals surface area contributed by atoms with Gasteiger partial charge in [-0.05, 0) is 97.8 Å². The molecule has 0 spiro atoms. The van der Waals surface area contributed by atoms with Gasteiger partial charge in [-0.1, -0.05) is 6.07 Å². The highest BCUT2D eigenvalue weighted by molar-refractivity contribution is 7.92. The van der Waals surface area contributed by atoms with E-state index < -0.39 is 39.1 Å². The van der Waals surface area contributed by atoms with E-state index in [1.165, 1.54) is 44.6 Å². The Morgan fingerprint density at radius 2 is 1.80 bits per heavy atom. The third-order valence-electron chi connectivity index (χ3n) is 8.13. The number of nitrogens with two attached hydrogens (primary N) is 1. The Morgan fingerprint density at radius 3 is 2.52 bits per heavy atom. The van der Waals surface area contributed by atoms with Gasteiger partial charge in [-0.15, -0.1) is 0 Å². The summed E-state index contributed by atoms with van der Waals surface area (Å²) in [4.78, 5) is 32.4. The summed E-state index contributed by atoms with van der Waals surface area (Å²) >= 11 is 0. The minimum atomic E-state index is -3.78. The van der Waals surface area contributed by atoms with E-state index >= 15 is 0 Å². The number of sulfone groups is 1. The van der Waals surface area contributed by atoms with E-state index in [2.05, 4.69) is 15.6 Å². The van der Waals surface area contributed by atoms with Gasteiger partial charge < -0.3 is 25.4 Å². The monoisotopic (exact) mass is 649 g/mol. The first-order chi connectivity index (χ1) is 21.9. The van der Waals surface area contributed by atoms with Crippen molar-refractivity contribution in [1.29, 1.82) is 0 Å². The quantitative estimate of drug-likeness (QED) is 0.203. The second-order valence-corrected chi connectivity index (χ2v) is 13.7. The van der Waals surface area contributed by atoms with Crippen molar-refractivity contribution in [3.05, 3.63) is 83.8 Å². The maximum absolute atomic E-state index is 14.6. The molecule has 0 bridgehead atoms. The normalized spacial score (nSPS) is 15.5. The molecule has 13 heteroatoms. The minimum absolute atomic E-state index is 0.0284. The van der Waals surface area contributed by atoms with E-state index in [-0.39, 0.29) is 16.6 Å². The predicted octanol–water partition coefficient (Wildman–Crippen LogP) is 5.84. The van der Waals surface area contributed by atoms with E-state index in [9.17, 15) is 22.4 Å². The number of benzene rings is 3. The lowest BCUT2D eigenvalue weighted by atomic mass is 10.0. The third kappa shape index (κ3) is 6.41. The van der Waals surface area contributed by atoms with E-state index in [0.717, 1.165) is 10.8 Å². The van der Waals surface area contributed by atoms with Crippen LogP contribution in [0.2, 0.25) is 0 Å². The van der Waals surface area contributed by atoms with Gasteiger partial charge in [0, 0.05) is 29.5 Å². The molecule has 2 heterocycles. The molecule has 0 aliphatic carbocycles. The number of methoxy groups -OCH3 is 2. The topological polar surface area (TPSA) is 153 Å². The first-order valence-corrected chi connectivity index (χ1v) is 16.3. The predicted molar refractivity (Wildman–Crippen MR) is 174 cm³/mol. The molecule has 4 N–H and O–H groups in total. The zero-order valence-electron chi connectivity index (χ0n) is 25.9. The number of carbonyl (C=O) groups excluding carboxylic acids is 2. The van der Waals surface area contributed by atoms with Gasteiger partial charge in [0.1, 0.15) is 11.9 Å². The second-order valence-electron chi connectivity index (χ2n) is 11.3. The van der Waals surface area contributed by atoms with Crippen LogP contribution in [0.4, 0.5) is 26.4 Å². The Balaban J connectivity index is 1.59. The lowest BCUT2D eigenvalue weighted by Gasteiger charge is -2.32. The van der Waals surface area contributed by atoms with Gasteiger partial charge in [0.15, 0.2) is 21.4 Å². The molecular weight excluding hydrogens is 613 g/mol. The van der Waals surface area contributed by atoms with Crippen molar-refractivity contribution in [3.8, 4) is 5.75 Å². The Kier molecular flexibility index (Phi) is 9.33. The fourth-order valence-corrected chi connectivity index (χ4v) is 6.98. The number of halogens is 1. The fraction of sp³-hybridized carbons (Fsp3) is 0.303. The number of amides is 2. The van der Waals surface area contributed by atoms with Crippen LogP contribution in [0.5, 0.6) is 5.75 Å². The Morgan fingerprint density at radius 1 is 1.04 bits per heavy atom. The van der Waals surface area contributed by atoms with Crippen LogP contribution in [0.15, 0.2) is 71.8 Å². The minimum Gasteiger partial charge on any atom is -0.494 e. The molecule has 1 aromatic heterocycles. The number of nitrogens with one attached hydrogen (secondary N) is 2. The van der Waals surface area contributed by atoms with Crippen LogP contribution in [0.3, 0.4) is 0 Å². The number of ether oxygens (including phenoxy) is 2. The summed E-state index contributed by atoms with van der Waals surface area (Å²) in [7, 11) is -1.20. The van der Waals surface area contributed by atoms with E-state index in [1.54, 1.807) is 49.2 Å². The number of hydrogen-bond acceptors (Lipinski definition) is 9. The lowest BCUT2D eigenvalue weighted by Crippen LogP contribution is -2.38. The van der Waals surface area contributed by atoms with Crippen molar-refractivity contribution in [1.82, 2.24) is 9.88 Å². The molecule has 46 heavy (non-hydrogen) atoms. The maximum atomic E-state index is 14.6. The molecule has 1 aliphatic heterocycles. The summed E-state index contributed by atoms with van der Waals surface area (Å²) < 4.78 is 51.5. The molecule has 1 aliphatic rings. The number of hydrogen-bond donors (Lipinski definition) is 3. The van der Waals surface area contributed by atoms with Crippen molar-refractivity contribution >= 4 is 49.8 Å². The van der Waals surface area contributed by atoms with E-state index in [4.69, 9.17) is 15.2 Å². The number of carbonyl (C=O) groups is 2. The highest BCUT2D eigenvalue weighted by Crippen LogP contribution is 2.40. The largest absolute Gasteiger partial charge is 0.494 e. The SMILES string of the molecule is COC(=O)Nc1ccc(S(=O)(=O)C(C)C)c([C@H]2CCCN2C(=O)[C@@H](Nc2ccc3c(N)nccc3c2)c2ccc(F)c(OC)c2)c1. The summed E-state index contributed by atoms with van der Waals surface area (Å²) in [5.41, 5.74) is 7.79. The molecule has 1 fully saturated rings. The summed E-state index contributed by atoms with van der Waals surface area (Å²) in [6.45, 7) is 3.52. The van der Waals surface area contributed by atoms with Crippen LogP contribution in [0.25, 0.3) is 10.8 Å². The van der Waals surface area contributed by atoms with Crippen molar-refractivity contribution in [3.63, 3.8) is 0 Å². The van der Waals surface area contributed by atoms with Crippen molar-refractivity contribution in [2.75, 3.05) is 37.1 Å².